The fourth-order valence-electron chi connectivity index (χ4n) is 0.999. The van der Waals surface area contributed by atoms with Crippen LogP contribution in [0.25, 0.3) is 0 Å². The normalized spacial score (nSPS) is 12.4. The molecule has 0 aromatic heterocycles. The van der Waals surface area contributed by atoms with Gasteiger partial charge in [0.15, 0.2) is 5.75 Å². The molecule has 1 atom stereocenters. The topological polar surface area (TPSA) is 104 Å². The SMILES string of the molecule is O=[N+]([O-])c1cc(C(O)CO)ccc1O. The monoisotopic (exact) mass is 199 g/mol. The Labute approximate surface area is 79.2 Å². The Morgan fingerprint density at radius 3 is 2.64 bits per heavy atom. The minimum atomic E-state index is -1.17. The molecule has 1 unspecified atom stereocenters. The van der Waals surface area contributed by atoms with E-state index in [0.29, 0.717) is 0 Å². The van der Waals surface area contributed by atoms with Crippen LogP contribution in [0.15, 0.2) is 18.2 Å². The van der Waals surface area contributed by atoms with Crippen LogP contribution in [-0.4, -0.2) is 26.8 Å². The van der Waals surface area contributed by atoms with Crippen molar-refractivity contribution in [2.24, 2.45) is 0 Å². The van der Waals surface area contributed by atoms with Crippen molar-refractivity contribution >= 4 is 5.69 Å². The van der Waals surface area contributed by atoms with E-state index in [1.54, 1.807) is 0 Å². The van der Waals surface area contributed by atoms with Crippen molar-refractivity contribution in [3.05, 3.63) is 33.9 Å². The first-order chi connectivity index (χ1) is 6.56. The van der Waals surface area contributed by atoms with Crippen LogP contribution in [0, 0.1) is 10.1 Å². The third kappa shape index (κ3) is 1.98. The highest BCUT2D eigenvalue weighted by atomic mass is 16.6. The Hall–Kier alpha value is -1.66. The number of aliphatic hydroxyl groups excluding tert-OH is 2. The molecule has 6 heteroatoms. The summed E-state index contributed by atoms with van der Waals surface area (Å²) in [4.78, 5) is 9.63. The summed E-state index contributed by atoms with van der Waals surface area (Å²) in [5.74, 6) is -0.469. The largest absolute Gasteiger partial charge is 0.502 e. The van der Waals surface area contributed by atoms with E-state index in [9.17, 15) is 15.2 Å². The highest BCUT2D eigenvalue weighted by molar-refractivity contribution is 5.48. The molecule has 1 aromatic rings. The number of rotatable bonds is 3. The average Bonchev–Trinajstić information content (AvgIpc) is 2.17. The summed E-state index contributed by atoms with van der Waals surface area (Å²) in [6.07, 6.45) is -1.17. The number of hydrogen-bond donors (Lipinski definition) is 3. The molecule has 0 spiro atoms. The van der Waals surface area contributed by atoms with Crippen molar-refractivity contribution in [1.29, 1.82) is 0 Å². The van der Waals surface area contributed by atoms with E-state index in [4.69, 9.17) is 10.2 Å². The maximum Gasteiger partial charge on any atom is 0.311 e. The Bertz CT molecular complexity index is 352. The predicted octanol–water partition coefficient (Wildman–Crippen LogP) is 0.326. The summed E-state index contributed by atoms with van der Waals surface area (Å²) in [6.45, 7) is -0.526. The molecular formula is C8H9NO5. The van der Waals surface area contributed by atoms with Gasteiger partial charge in [0.05, 0.1) is 11.5 Å². The molecule has 76 valence electrons. The Morgan fingerprint density at radius 2 is 2.14 bits per heavy atom. The Kier molecular flexibility index (Phi) is 3.00. The van der Waals surface area contributed by atoms with Crippen LogP contribution in [0.4, 0.5) is 5.69 Å². The van der Waals surface area contributed by atoms with Gasteiger partial charge >= 0.3 is 5.69 Å². The number of phenols is 1. The standard InChI is InChI=1S/C8H9NO5/c10-4-8(12)5-1-2-7(11)6(3-5)9(13)14/h1-3,8,10-12H,4H2. The number of hydrogen-bond acceptors (Lipinski definition) is 5. The molecule has 0 saturated carbocycles. The van der Waals surface area contributed by atoms with Gasteiger partial charge in [-0.3, -0.25) is 10.1 Å². The van der Waals surface area contributed by atoms with Crippen LogP contribution < -0.4 is 0 Å². The molecule has 0 bridgehead atoms. The van der Waals surface area contributed by atoms with Gasteiger partial charge in [-0.05, 0) is 11.6 Å². The lowest BCUT2D eigenvalue weighted by atomic mass is 10.1. The van der Waals surface area contributed by atoms with E-state index in [1.165, 1.54) is 6.07 Å². The van der Waals surface area contributed by atoms with Crippen molar-refractivity contribution in [2.45, 2.75) is 6.10 Å². The molecule has 3 N–H and O–H groups in total. The Morgan fingerprint density at radius 1 is 1.50 bits per heavy atom. The maximum absolute atomic E-state index is 10.4. The van der Waals surface area contributed by atoms with Gasteiger partial charge in [-0.1, -0.05) is 6.07 Å². The van der Waals surface area contributed by atoms with E-state index >= 15 is 0 Å². The van der Waals surface area contributed by atoms with Crippen molar-refractivity contribution in [3.63, 3.8) is 0 Å². The smallest absolute Gasteiger partial charge is 0.311 e. The summed E-state index contributed by atoms with van der Waals surface area (Å²) in [5, 5.41) is 37.2. The molecule has 0 heterocycles. The second-order valence-corrected chi connectivity index (χ2v) is 2.70. The van der Waals surface area contributed by atoms with E-state index in [1.807, 2.05) is 0 Å². The van der Waals surface area contributed by atoms with Gasteiger partial charge in [-0.15, -0.1) is 0 Å². The van der Waals surface area contributed by atoms with E-state index in [2.05, 4.69) is 0 Å². The first-order valence-corrected chi connectivity index (χ1v) is 3.82. The second-order valence-electron chi connectivity index (χ2n) is 2.70. The lowest BCUT2D eigenvalue weighted by molar-refractivity contribution is -0.386. The summed E-state index contributed by atoms with van der Waals surface area (Å²) in [5.41, 5.74) is -0.299. The van der Waals surface area contributed by atoms with Gasteiger partial charge in [0.25, 0.3) is 0 Å². The zero-order valence-corrected chi connectivity index (χ0v) is 7.12. The van der Waals surface area contributed by atoms with Crippen LogP contribution in [0.2, 0.25) is 0 Å². The van der Waals surface area contributed by atoms with Crippen LogP contribution in [-0.2, 0) is 0 Å². The van der Waals surface area contributed by atoms with Crippen molar-refractivity contribution in [2.75, 3.05) is 6.61 Å². The molecule has 0 fully saturated rings. The molecule has 0 aliphatic carbocycles. The van der Waals surface area contributed by atoms with Crippen LogP contribution in [0.1, 0.15) is 11.7 Å². The number of nitro groups is 1. The highest BCUT2D eigenvalue weighted by Gasteiger charge is 2.16. The molecule has 0 aliphatic rings. The first-order valence-electron chi connectivity index (χ1n) is 3.82. The number of nitro benzene ring substituents is 1. The molecule has 0 aliphatic heterocycles. The summed E-state index contributed by atoms with van der Waals surface area (Å²) in [7, 11) is 0. The zero-order valence-electron chi connectivity index (χ0n) is 7.12. The third-order valence-electron chi connectivity index (χ3n) is 1.75. The van der Waals surface area contributed by atoms with Crippen molar-refractivity contribution < 1.29 is 20.2 Å². The number of aromatic hydroxyl groups is 1. The minimum Gasteiger partial charge on any atom is -0.502 e. The number of benzene rings is 1. The van der Waals surface area contributed by atoms with Gasteiger partial charge in [-0.25, -0.2) is 0 Å². The predicted molar refractivity (Wildman–Crippen MR) is 46.8 cm³/mol. The van der Waals surface area contributed by atoms with Gasteiger partial charge in [0.2, 0.25) is 0 Å². The molecule has 1 aromatic carbocycles. The quantitative estimate of drug-likeness (QED) is 0.480. The number of nitrogens with zero attached hydrogens (tertiary/aromatic N) is 1. The van der Waals surface area contributed by atoms with Gasteiger partial charge < -0.3 is 15.3 Å². The zero-order chi connectivity index (χ0) is 10.7. The molecule has 6 nitrogen and oxygen atoms in total. The van der Waals surface area contributed by atoms with Crippen molar-refractivity contribution in [3.8, 4) is 5.75 Å². The molecule has 14 heavy (non-hydrogen) atoms. The van der Waals surface area contributed by atoms with Gasteiger partial charge in [-0.2, -0.15) is 0 Å². The van der Waals surface area contributed by atoms with Crippen molar-refractivity contribution in [1.82, 2.24) is 0 Å². The lowest BCUT2D eigenvalue weighted by Gasteiger charge is -2.06. The van der Waals surface area contributed by atoms with E-state index in [0.717, 1.165) is 12.1 Å². The summed E-state index contributed by atoms with van der Waals surface area (Å²) >= 11 is 0. The van der Waals surface area contributed by atoms with Gasteiger partial charge in [0, 0.05) is 6.07 Å². The molecule has 0 amide bonds. The molecule has 0 radical (unpaired) electrons. The summed E-state index contributed by atoms with van der Waals surface area (Å²) in [6, 6.07) is 3.44. The minimum absolute atomic E-state index is 0.192. The Balaban J connectivity index is 3.12. The van der Waals surface area contributed by atoms with Crippen LogP contribution in [0.5, 0.6) is 5.75 Å². The highest BCUT2D eigenvalue weighted by Crippen LogP contribution is 2.28. The number of phenolic OH excluding ortho intramolecular Hbond substituents is 1. The molecular weight excluding hydrogens is 190 g/mol. The van der Waals surface area contributed by atoms with Crippen LogP contribution >= 0.6 is 0 Å². The second kappa shape index (κ2) is 4.03. The molecule has 0 saturated heterocycles. The number of aliphatic hydroxyl groups is 2. The third-order valence-corrected chi connectivity index (χ3v) is 1.75. The van der Waals surface area contributed by atoms with Gasteiger partial charge in [0.1, 0.15) is 6.10 Å². The first kappa shape index (κ1) is 10.4. The molecule has 1 rings (SSSR count). The lowest BCUT2D eigenvalue weighted by Crippen LogP contribution is -2.02. The maximum atomic E-state index is 10.4. The van der Waals surface area contributed by atoms with E-state index in [-0.39, 0.29) is 5.56 Å². The summed E-state index contributed by atoms with van der Waals surface area (Å²) < 4.78 is 0. The fraction of sp³-hybridized carbons (Fsp3) is 0.250. The average molecular weight is 199 g/mol. The van der Waals surface area contributed by atoms with Crippen LogP contribution in [0.3, 0.4) is 0 Å². The fourth-order valence-corrected chi connectivity index (χ4v) is 0.999. The van der Waals surface area contributed by atoms with E-state index < -0.39 is 29.1 Å².